The number of hydrogen-bond acceptors (Lipinski definition) is 5. The lowest BCUT2D eigenvalue weighted by Crippen LogP contribution is -2.46. The van der Waals surface area contributed by atoms with Gasteiger partial charge in [0.15, 0.2) is 0 Å². The van der Waals surface area contributed by atoms with Crippen molar-refractivity contribution in [2.75, 3.05) is 6.61 Å². The van der Waals surface area contributed by atoms with Crippen LogP contribution in [0.4, 0.5) is 0 Å². The van der Waals surface area contributed by atoms with E-state index < -0.39 is 18.2 Å². The highest BCUT2D eigenvalue weighted by Crippen LogP contribution is 2.18. The van der Waals surface area contributed by atoms with E-state index in [1.807, 2.05) is 6.08 Å². The minimum atomic E-state index is -0.799. The van der Waals surface area contributed by atoms with Gasteiger partial charge in [0, 0.05) is 6.42 Å². The van der Waals surface area contributed by atoms with Gasteiger partial charge < -0.3 is 20.3 Å². The molecule has 0 rings (SSSR count). The van der Waals surface area contributed by atoms with E-state index in [4.69, 9.17) is 4.74 Å². The number of rotatable bonds is 47. The van der Waals surface area contributed by atoms with Crippen molar-refractivity contribution in [2.45, 2.75) is 277 Å². The van der Waals surface area contributed by atoms with E-state index in [2.05, 4.69) is 80.8 Å². The van der Waals surface area contributed by atoms with E-state index >= 15 is 0 Å². The van der Waals surface area contributed by atoms with Gasteiger partial charge in [0.05, 0.1) is 25.2 Å². The summed E-state index contributed by atoms with van der Waals surface area (Å²) in [5.41, 5.74) is 0. The molecule has 0 heterocycles. The first-order chi connectivity index (χ1) is 30.5. The molecular formula is C56H101NO5. The number of esters is 1. The molecule has 3 unspecified atom stereocenters. The average Bonchev–Trinajstić information content (AvgIpc) is 3.26. The van der Waals surface area contributed by atoms with E-state index in [-0.39, 0.29) is 31.3 Å². The fourth-order valence-electron chi connectivity index (χ4n) is 7.89. The number of nitrogens with one attached hydrogen (secondary N) is 1. The zero-order valence-corrected chi connectivity index (χ0v) is 41.0. The van der Waals surface area contributed by atoms with E-state index in [0.717, 1.165) is 70.6 Å². The second kappa shape index (κ2) is 49.6. The van der Waals surface area contributed by atoms with Crippen LogP contribution < -0.4 is 5.32 Å². The zero-order valence-electron chi connectivity index (χ0n) is 41.0. The third kappa shape index (κ3) is 44.2. The summed E-state index contributed by atoms with van der Waals surface area (Å²) in [5.74, 6) is -0.566. The van der Waals surface area contributed by atoms with Gasteiger partial charge >= 0.3 is 5.97 Å². The van der Waals surface area contributed by atoms with Crippen LogP contribution in [0.25, 0.3) is 0 Å². The van der Waals surface area contributed by atoms with Crippen molar-refractivity contribution in [1.29, 1.82) is 0 Å². The maximum Gasteiger partial charge on any atom is 0.306 e. The smallest absolute Gasteiger partial charge is 0.306 e. The number of carbonyl (C=O) groups excluding carboxylic acids is 2. The topological polar surface area (TPSA) is 95.9 Å². The Morgan fingerprint density at radius 2 is 0.839 bits per heavy atom. The van der Waals surface area contributed by atoms with Gasteiger partial charge in [-0.3, -0.25) is 9.59 Å². The standard InChI is InChI=1S/C56H101NO5/c1-4-7-10-13-16-19-22-25-27-29-31-34-37-40-43-46-49-56(61)62-52(47-44-41-38-35-32-24-21-18-15-12-9-6-3)50-55(60)57-53(51-58)54(59)48-45-42-39-36-33-30-28-26-23-20-17-14-11-8-5-2/h7,10,16,19,25,27,31,34,40,43,52-54,58-59H,4-6,8-9,11-15,17-18,20-24,26,28-30,32-33,35-39,41-42,44-51H2,1-3H3,(H,57,60)/b10-7+,19-16+,27-25+,34-31+,43-40+. The van der Waals surface area contributed by atoms with Crippen LogP contribution in [0.3, 0.4) is 0 Å². The molecule has 0 bridgehead atoms. The van der Waals surface area contributed by atoms with Crippen LogP contribution >= 0.6 is 0 Å². The van der Waals surface area contributed by atoms with Gasteiger partial charge in [-0.2, -0.15) is 0 Å². The van der Waals surface area contributed by atoms with Crippen LogP contribution in [-0.2, 0) is 14.3 Å². The van der Waals surface area contributed by atoms with Gasteiger partial charge in [0.25, 0.3) is 0 Å². The molecule has 6 heteroatoms. The largest absolute Gasteiger partial charge is 0.462 e. The van der Waals surface area contributed by atoms with Crippen LogP contribution in [-0.4, -0.2) is 46.9 Å². The molecule has 3 atom stereocenters. The highest BCUT2D eigenvalue weighted by Gasteiger charge is 2.24. The summed E-state index contributed by atoms with van der Waals surface area (Å²) in [6.45, 7) is 6.36. The van der Waals surface area contributed by atoms with Crippen LogP contribution in [0.2, 0.25) is 0 Å². The lowest BCUT2D eigenvalue weighted by atomic mass is 10.0. The Hall–Kier alpha value is -2.44. The predicted octanol–water partition coefficient (Wildman–Crippen LogP) is 16.0. The van der Waals surface area contributed by atoms with Crippen molar-refractivity contribution in [3.63, 3.8) is 0 Å². The molecule has 6 nitrogen and oxygen atoms in total. The van der Waals surface area contributed by atoms with E-state index in [9.17, 15) is 19.8 Å². The first-order valence-corrected chi connectivity index (χ1v) is 26.5. The Bertz CT molecular complexity index is 1110. The second-order valence-corrected chi connectivity index (χ2v) is 17.9. The van der Waals surface area contributed by atoms with Crippen molar-refractivity contribution in [3.8, 4) is 0 Å². The molecule has 0 fully saturated rings. The van der Waals surface area contributed by atoms with Crippen molar-refractivity contribution >= 4 is 11.9 Å². The minimum Gasteiger partial charge on any atom is -0.462 e. The summed E-state index contributed by atoms with van der Waals surface area (Å²) in [5, 5.41) is 23.8. The van der Waals surface area contributed by atoms with Crippen LogP contribution in [0.5, 0.6) is 0 Å². The Morgan fingerprint density at radius 3 is 1.23 bits per heavy atom. The SMILES string of the molecule is CC/C=C/C/C=C/C/C=C/C/C=C/C/C=C/CCC(=O)OC(CCCCCCCCCCCCCC)CC(=O)NC(CO)C(O)CCCCCCCCCCCCCCCCC. The number of hydrogen-bond donors (Lipinski definition) is 3. The van der Waals surface area contributed by atoms with Crippen LogP contribution in [0, 0.1) is 0 Å². The molecule has 360 valence electrons. The number of unbranched alkanes of at least 4 members (excludes halogenated alkanes) is 25. The molecule has 0 aromatic rings. The Labute approximate surface area is 384 Å². The van der Waals surface area contributed by atoms with Gasteiger partial charge in [-0.25, -0.2) is 0 Å². The number of aliphatic hydroxyl groups excluding tert-OH is 2. The number of allylic oxidation sites excluding steroid dienone is 10. The van der Waals surface area contributed by atoms with Gasteiger partial charge in [-0.05, 0) is 57.8 Å². The number of carbonyl (C=O) groups is 2. The number of aliphatic hydroxyl groups is 2. The van der Waals surface area contributed by atoms with Crippen molar-refractivity contribution in [3.05, 3.63) is 60.8 Å². The fraction of sp³-hybridized carbons (Fsp3) is 0.786. The second-order valence-electron chi connectivity index (χ2n) is 17.9. The molecule has 0 radical (unpaired) electrons. The van der Waals surface area contributed by atoms with Gasteiger partial charge in [0.1, 0.15) is 6.10 Å². The van der Waals surface area contributed by atoms with E-state index in [1.165, 1.54) is 135 Å². The molecule has 0 saturated heterocycles. The van der Waals surface area contributed by atoms with Crippen LogP contribution in [0.15, 0.2) is 60.8 Å². The Kier molecular flexibility index (Phi) is 47.6. The van der Waals surface area contributed by atoms with Crippen molar-refractivity contribution in [2.24, 2.45) is 0 Å². The summed E-state index contributed by atoms with van der Waals surface area (Å²) in [7, 11) is 0. The van der Waals surface area contributed by atoms with Gasteiger partial charge in [-0.1, -0.05) is 248 Å². The summed E-state index contributed by atoms with van der Waals surface area (Å²) >= 11 is 0. The molecule has 0 saturated carbocycles. The molecule has 0 aromatic carbocycles. The molecular weight excluding hydrogens is 767 g/mol. The minimum absolute atomic E-state index is 0.0492. The number of amides is 1. The monoisotopic (exact) mass is 868 g/mol. The maximum absolute atomic E-state index is 13.2. The summed E-state index contributed by atoms with van der Waals surface area (Å²) < 4.78 is 5.89. The van der Waals surface area contributed by atoms with Crippen molar-refractivity contribution < 1.29 is 24.5 Å². The molecule has 1 amide bonds. The molecule has 0 spiro atoms. The molecule has 3 N–H and O–H groups in total. The lowest BCUT2D eigenvalue weighted by molar-refractivity contribution is -0.150. The highest BCUT2D eigenvalue weighted by atomic mass is 16.5. The van der Waals surface area contributed by atoms with E-state index in [0.29, 0.717) is 19.3 Å². The summed E-state index contributed by atoms with van der Waals surface area (Å²) in [6, 6.07) is -0.715. The number of ether oxygens (including phenoxy) is 1. The molecule has 0 aliphatic rings. The first-order valence-electron chi connectivity index (χ1n) is 26.5. The predicted molar refractivity (Wildman–Crippen MR) is 268 cm³/mol. The van der Waals surface area contributed by atoms with Crippen LogP contribution in [0.1, 0.15) is 258 Å². The quantitative estimate of drug-likeness (QED) is 0.0322. The third-order valence-corrected chi connectivity index (χ3v) is 11.9. The average molecular weight is 868 g/mol. The van der Waals surface area contributed by atoms with Gasteiger partial charge in [0.2, 0.25) is 5.91 Å². The molecule has 62 heavy (non-hydrogen) atoms. The molecule has 0 aliphatic carbocycles. The zero-order chi connectivity index (χ0) is 45.2. The molecule has 0 aromatic heterocycles. The third-order valence-electron chi connectivity index (χ3n) is 11.9. The van der Waals surface area contributed by atoms with Crippen molar-refractivity contribution in [1.82, 2.24) is 5.32 Å². The highest BCUT2D eigenvalue weighted by molar-refractivity contribution is 5.77. The van der Waals surface area contributed by atoms with E-state index in [1.54, 1.807) is 0 Å². The Balaban J connectivity index is 4.62. The van der Waals surface area contributed by atoms with Gasteiger partial charge in [-0.15, -0.1) is 0 Å². The molecule has 0 aliphatic heterocycles. The Morgan fingerprint density at radius 1 is 0.484 bits per heavy atom. The maximum atomic E-state index is 13.2. The fourth-order valence-corrected chi connectivity index (χ4v) is 7.89. The first kappa shape index (κ1) is 59.6. The summed E-state index contributed by atoms with van der Waals surface area (Å²) in [6.07, 6.45) is 61.5. The normalized spacial score (nSPS) is 13.7. The lowest BCUT2D eigenvalue weighted by Gasteiger charge is -2.24. The summed E-state index contributed by atoms with van der Waals surface area (Å²) in [4.78, 5) is 26.1.